The molecular weight excluding hydrogens is 233 g/mol. The van der Waals surface area contributed by atoms with E-state index in [-0.39, 0.29) is 18.0 Å². The van der Waals surface area contributed by atoms with E-state index in [4.69, 9.17) is 5.73 Å². The van der Waals surface area contributed by atoms with Crippen molar-refractivity contribution in [1.82, 2.24) is 0 Å². The molecule has 0 atom stereocenters. The van der Waals surface area contributed by atoms with Crippen molar-refractivity contribution in [2.24, 2.45) is 5.73 Å². The van der Waals surface area contributed by atoms with Gasteiger partial charge in [-0.3, -0.25) is 4.79 Å². The molecule has 3 nitrogen and oxygen atoms in total. The summed E-state index contributed by atoms with van der Waals surface area (Å²) >= 11 is 0. The second-order valence-electron chi connectivity index (χ2n) is 3.60. The largest absolute Gasteiger partial charge is 0.385 e. The number of halogens is 3. The molecule has 0 aliphatic carbocycles. The fraction of sp³-hybridized carbons (Fsp3) is 0.364. The van der Waals surface area contributed by atoms with Gasteiger partial charge < -0.3 is 11.1 Å². The van der Waals surface area contributed by atoms with E-state index >= 15 is 0 Å². The number of amides is 1. The third-order valence-electron chi connectivity index (χ3n) is 2.16. The maximum Gasteiger partial charge on any atom is 0.217 e. The molecule has 94 valence electrons. The Morgan fingerprint density at radius 3 is 2.29 bits per heavy atom. The van der Waals surface area contributed by atoms with Crippen LogP contribution in [0.5, 0.6) is 0 Å². The fourth-order valence-electron chi connectivity index (χ4n) is 1.31. The zero-order valence-corrected chi connectivity index (χ0v) is 9.10. The van der Waals surface area contributed by atoms with Gasteiger partial charge in [0, 0.05) is 30.8 Å². The molecular formula is C11H13F3N2O. The predicted molar refractivity (Wildman–Crippen MR) is 57.9 cm³/mol. The van der Waals surface area contributed by atoms with Crippen LogP contribution >= 0.6 is 0 Å². The van der Waals surface area contributed by atoms with Crippen LogP contribution in [0.4, 0.5) is 18.9 Å². The molecule has 0 radical (unpaired) electrons. The Bertz CT molecular complexity index is 387. The highest BCUT2D eigenvalue weighted by molar-refractivity contribution is 5.73. The second kappa shape index (κ2) is 6.12. The van der Waals surface area contributed by atoms with Crippen molar-refractivity contribution in [2.45, 2.75) is 19.3 Å². The van der Waals surface area contributed by atoms with Gasteiger partial charge in [-0.2, -0.15) is 0 Å². The molecule has 0 bridgehead atoms. The Labute approximate surface area is 96.8 Å². The number of hydrogen-bond acceptors (Lipinski definition) is 2. The second-order valence-corrected chi connectivity index (χ2v) is 3.60. The number of rotatable bonds is 6. The molecule has 0 saturated heterocycles. The standard InChI is InChI=1S/C11H13F3N2O/c12-8-5-7(6-9(13)11(8)14)16-4-2-1-3-10(15)17/h5-6,16H,1-4H2,(H2,15,17). The lowest BCUT2D eigenvalue weighted by atomic mass is 10.2. The molecule has 0 aliphatic heterocycles. The van der Waals surface area contributed by atoms with Crippen LogP contribution < -0.4 is 11.1 Å². The molecule has 0 aromatic heterocycles. The van der Waals surface area contributed by atoms with Crippen LogP contribution in [0.25, 0.3) is 0 Å². The number of benzene rings is 1. The molecule has 6 heteroatoms. The maximum absolute atomic E-state index is 12.8. The number of primary amides is 1. The zero-order chi connectivity index (χ0) is 12.8. The van der Waals surface area contributed by atoms with Crippen LogP contribution in [0, 0.1) is 17.5 Å². The van der Waals surface area contributed by atoms with Crippen LogP contribution in [0.1, 0.15) is 19.3 Å². The average molecular weight is 246 g/mol. The molecule has 1 aromatic carbocycles. The molecule has 1 amide bonds. The van der Waals surface area contributed by atoms with Gasteiger partial charge in [-0.25, -0.2) is 13.2 Å². The van der Waals surface area contributed by atoms with Gasteiger partial charge in [-0.05, 0) is 12.8 Å². The van der Waals surface area contributed by atoms with Crippen molar-refractivity contribution in [3.63, 3.8) is 0 Å². The minimum Gasteiger partial charge on any atom is -0.385 e. The molecule has 0 spiro atoms. The first-order valence-corrected chi connectivity index (χ1v) is 5.17. The van der Waals surface area contributed by atoms with Crippen LogP contribution in [0.3, 0.4) is 0 Å². The van der Waals surface area contributed by atoms with Gasteiger partial charge >= 0.3 is 0 Å². The van der Waals surface area contributed by atoms with Crippen molar-refractivity contribution in [1.29, 1.82) is 0 Å². The van der Waals surface area contributed by atoms with Crippen molar-refractivity contribution in [3.8, 4) is 0 Å². The zero-order valence-electron chi connectivity index (χ0n) is 9.10. The minimum atomic E-state index is -1.48. The summed E-state index contributed by atoms with van der Waals surface area (Å²) < 4.78 is 38.2. The molecule has 17 heavy (non-hydrogen) atoms. The number of nitrogens with one attached hydrogen (secondary N) is 1. The van der Waals surface area contributed by atoms with Gasteiger partial charge in [0.2, 0.25) is 5.91 Å². The Kier molecular flexibility index (Phi) is 4.81. The highest BCUT2D eigenvalue weighted by Gasteiger charge is 2.09. The summed E-state index contributed by atoms with van der Waals surface area (Å²) in [4.78, 5) is 10.4. The van der Waals surface area contributed by atoms with Crippen LogP contribution in [-0.4, -0.2) is 12.5 Å². The topological polar surface area (TPSA) is 55.1 Å². The number of carbonyl (C=O) groups excluding carboxylic acids is 1. The Hall–Kier alpha value is -1.72. The van der Waals surface area contributed by atoms with E-state index in [1.54, 1.807) is 0 Å². The summed E-state index contributed by atoms with van der Waals surface area (Å²) in [6, 6.07) is 1.76. The number of hydrogen-bond donors (Lipinski definition) is 2. The van der Waals surface area contributed by atoms with E-state index < -0.39 is 17.5 Å². The third-order valence-corrected chi connectivity index (χ3v) is 2.16. The van der Waals surface area contributed by atoms with Gasteiger partial charge in [0.05, 0.1) is 0 Å². The maximum atomic E-state index is 12.8. The van der Waals surface area contributed by atoms with Crippen molar-refractivity contribution < 1.29 is 18.0 Å². The lowest BCUT2D eigenvalue weighted by Crippen LogP contribution is -2.11. The lowest BCUT2D eigenvalue weighted by Gasteiger charge is -2.06. The smallest absolute Gasteiger partial charge is 0.217 e. The highest BCUT2D eigenvalue weighted by Crippen LogP contribution is 2.17. The summed E-state index contributed by atoms with van der Waals surface area (Å²) in [6.07, 6.45) is 1.49. The number of anilines is 1. The molecule has 0 fully saturated rings. The molecule has 1 rings (SSSR count). The van der Waals surface area contributed by atoms with E-state index in [1.807, 2.05) is 0 Å². The average Bonchev–Trinajstić information content (AvgIpc) is 2.25. The van der Waals surface area contributed by atoms with E-state index in [0.29, 0.717) is 19.4 Å². The normalized spacial score (nSPS) is 10.3. The number of unbranched alkanes of at least 4 members (excludes halogenated alkanes) is 1. The van der Waals surface area contributed by atoms with Crippen molar-refractivity contribution in [2.75, 3.05) is 11.9 Å². The first-order valence-electron chi connectivity index (χ1n) is 5.17. The molecule has 0 saturated carbocycles. The van der Waals surface area contributed by atoms with Gasteiger partial charge in [-0.15, -0.1) is 0 Å². The lowest BCUT2D eigenvalue weighted by molar-refractivity contribution is -0.118. The van der Waals surface area contributed by atoms with Gasteiger partial charge in [0.15, 0.2) is 17.5 Å². The molecule has 1 aromatic rings. The summed E-state index contributed by atoms with van der Waals surface area (Å²) in [5.74, 6) is -4.33. The first-order chi connectivity index (χ1) is 8.00. The molecule has 0 heterocycles. The van der Waals surface area contributed by atoms with Gasteiger partial charge in [0.25, 0.3) is 0 Å². The van der Waals surface area contributed by atoms with Crippen molar-refractivity contribution >= 4 is 11.6 Å². The molecule has 3 N–H and O–H groups in total. The highest BCUT2D eigenvalue weighted by atomic mass is 19.2. The van der Waals surface area contributed by atoms with Gasteiger partial charge in [0.1, 0.15) is 0 Å². The molecule has 0 unspecified atom stereocenters. The Morgan fingerprint density at radius 1 is 1.18 bits per heavy atom. The van der Waals surface area contributed by atoms with E-state index in [0.717, 1.165) is 12.1 Å². The van der Waals surface area contributed by atoms with E-state index in [1.165, 1.54) is 0 Å². The Balaban J connectivity index is 2.39. The summed E-state index contributed by atoms with van der Waals surface area (Å²) in [7, 11) is 0. The monoisotopic (exact) mass is 246 g/mol. The first kappa shape index (κ1) is 13.3. The summed E-state index contributed by atoms with van der Waals surface area (Å²) in [5.41, 5.74) is 5.11. The molecule has 0 aliphatic rings. The van der Waals surface area contributed by atoms with E-state index in [9.17, 15) is 18.0 Å². The SMILES string of the molecule is NC(=O)CCCCNc1cc(F)c(F)c(F)c1. The fourth-order valence-corrected chi connectivity index (χ4v) is 1.31. The number of nitrogens with two attached hydrogens (primary N) is 1. The van der Waals surface area contributed by atoms with Gasteiger partial charge in [-0.1, -0.05) is 0 Å². The summed E-state index contributed by atoms with van der Waals surface area (Å²) in [6.45, 7) is 0.428. The van der Waals surface area contributed by atoms with Crippen LogP contribution in [0.15, 0.2) is 12.1 Å². The van der Waals surface area contributed by atoms with Crippen LogP contribution in [-0.2, 0) is 4.79 Å². The quantitative estimate of drug-likeness (QED) is 0.597. The summed E-state index contributed by atoms with van der Waals surface area (Å²) in [5, 5.41) is 2.73. The van der Waals surface area contributed by atoms with Crippen LogP contribution in [0.2, 0.25) is 0 Å². The van der Waals surface area contributed by atoms with E-state index in [2.05, 4.69) is 5.32 Å². The number of carbonyl (C=O) groups is 1. The van der Waals surface area contributed by atoms with Crippen molar-refractivity contribution in [3.05, 3.63) is 29.6 Å². The minimum absolute atomic E-state index is 0.167. The predicted octanol–water partition coefficient (Wildman–Crippen LogP) is 2.17. The Morgan fingerprint density at radius 2 is 1.76 bits per heavy atom. The third kappa shape index (κ3) is 4.34.